The number of nitrogens with zero attached hydrogens (tertiary/aromatic N) is 1. The molecule has 0 aliphatic rings. The number of carboxylic acid groups (broad SMARTS) is 1. The van der Waals surface area contributed by atoms with E-state index in [1.165, 1.54) is 6.92 Å². The molecule has 0 aromatic carbocycles. The van der Waals surface area contributed by atoms with E-state index in [1.807, 2.05) is 5.32 Å². The largest absolute Gasteiger partial charge is 0.480 e. The van der Waals surface area contributed by atoms with Crippen LogP contribution in [-0.2, 0) is 9.59 Å². The maximum Gasteiger partial charge on any atom is 0.406 e. The van der Waals surface area contributed by atoms with Gasteiger partial charge in [0.05, 0.1) is 0 Å². The molecule has 0 aromatic heterocycles. The Balaban J connectivity index is 4.70. The average Bonchev–Trinajstić information content (AvgIpc) is 2.25. The highest BCUT2D eigenvalue weighted by Crippen LogP contribution is 2.16. The highest BCUT2D eigenvalue weighted by Gasteiger charge is 2.34. The first-order valence-corrected chi connectivity index (χ1v) is 5.68. The quantitative estimate of drug-likeness (QED) is 0.651. The van der Waals surface area contributed by atoms with Gasteiger partial charge in [-0.3, -0.25) is 9.59 Å². The number of alkyl halides is 3. The average molecular weight is 299 g/mol. The number of carboxylic acids is 1. The molecule has 3 amide bonds. The Kier molecular flexibility index (Phi) is 6.80. The molecule has 0 spiro atoms. The molecule has 0 aliphatic carbocycles. The van der Waals surface area contributed by atoms with Crippen molar-refractivity contribution in [1.82, 2.24) is 15.5 Å². The predicted molar refractivity (Wildman–Crippen MR) is 61.9 cm³/mol. The van der Waals surface area contributed by atoms with Gasteiger partial charge in [-0.15, -0.1) is 0 Å². The minimum atomic E-state index is -4.73. The van der Waals surface area contributed by atoms with E-state index in [1.54, 1.807) is 6.92 Å². The SMILES string of the molecule is CCNC(=O)C(C)NC(=O)N(CC(=O)O)CC(F)(F)F. The lowest BCUT2D eigenvalue weighted by Crippen LogP contribution is -2.52. The Morgan fingerprint density at radius 1 is 1.30 bits per heavy atom. The molecule has 0 fully saturated rings. The monoisotopic (exact) mass is 299 g/mol. The molecule has 0 radical (unpaired) electrons. The van der Waals surface area contributed by atoms with Gasteiger partial charge in [-0.25, -0.2) is 4.79 Å². The van der Waals surface area contributed by atoms with Gasteiger partial charge in [-0.2, -0.15) is 13.2 Å². The summed E-state index contributed by atoms with van der Waals surface area (Å²) in [5.74, 6) is -2.17. The van der Waals surface area contributed by atoms with Crippen molar-refractivity contribution >= 4 is 17.9 Å². The number of aliphatic carboxylic acids is 1. The maximum absolute atomic E-state index is 12.2. The van der Waals surface area contributed by atoms with Crippen LogP contribution in [0.4, 0.5) is 18.0 Å². The van der Waals surface area contributed by atoms with Crippen molar-refractivity contribution in [1.29, 1.82) is 0 Å². The molecule has 0 saturated heterocycles. The molecule has 0 rings (SSSR count). The number of amides is 3. The molecule has 7 nitrogen and oxygen atoms in total. The Morgan fingerprint density at radius 2 is 1.85 bits per heavy atom. The normalized spacial score (nSPS) is 12.4. The van der Waals surface area contributed by atoms with Crippen LogP contribution in [0.1, 0.15) is 13.8 Å². The summed E-state index contributed by atoms with van der Waals surface area (Å²) in [5.41, 5.74) is 0. The number of carbonyl (C=O) groups is 3. The fraction of sp³-hybridized carbons (Fsp3) is 0.700. The molecular formula is C10H16F3N3O4. The van der Waals surface area contributed by atoms with Crippen LogP contribution in [-0.4, -0.2) is 59.8 Å². The van der Waals surface area contributed by atoms with E-state index in [0.29, 0.717) is 6.54 Å². The number of carbonyl (C=O) groups excluding carboxylic acids is 2. The van der Waals surface area contributed by atoms with Gasteiger partial charge in [-0.05, 0) is 13.8 Å². The van der Waals surface area contributed by atoms with Gasteiger partial charge in [0.1, 0.15) is 19.1 Å². The van der Waals surface area contributed by atoms with Crippen LogP contribution in [0.2, 0.25) is 0 Å². The molecule has 1 unspecified atom stereocenters. The third-order valence-electron chi connectivity index (χ3n) is 2.07. The Bertz CT molecular complexity index is 373. The van der Waals surface area contributed by atoms with Crippen LogP contribution in [0.5, 0.6) is 0 Å². The smallest absolute Gasteiger partial charge is 0.406 e. The second kappa shape index (κ2) is 7.56. The van der Waals surface area contributed by atoms with Crippen LogP contribution >= 0.6 is 0 Å². The molecule has 1 atom stereocenters. The third-order valence-corrected chi connectivity index (χ3v) is 2.07. The van der Waals surface area contributed by atoms with Gasteiger partial charge in [0.2, 0.25) is 5.91 Å². The van der Waals surface area contributed by atoms with Crippen molar-refractivity contribution in [2.45, 2.75) is 26.1 Å². The van der Waals surface area contributed by atoms with E-state index < -0.39 is 43.2 Å². The second-order valence-corrected chi connectivity index (χ2v) is 3.93. The highest BCUT2D eigenvalue weighted by molar-refractivity contribution is 5.87. The topological polar surface area (TPSA) is 98.7 Å². The number of hydrogen-bond donors (Lipinski definition) is 3. The molecule has 116 valence electrons. The fourth-order valence-electron chi connectivity index (χ4n) is 1.25. The number of nitrogens with one attached hydrogen (secondary N) is 2. The Labute approximate surface area is 113 Å². The van der Waals surface area contributed by atoms with E-state index in [4.69, 9.17) is 5.11 Å². The maximum atomic E-state index is 12.2. The van der Waals surface area contributed by atoms with Gasteiger partial charge >= 0.3 is 18.2 Å². The highest BCUT2D eigenvalue weighted by atomic mass is 19.4. The lowest BCUT2D eigenvalue weighted by molar-refractivity contribution is -0.149. The first kappa shape index (κ1) is 18.0. The predicted octanol–water partition coefficient (Wildman–Crippen LogP) is 0.170. The summed E-state index contributed by atoms with van der Waals surface area (Å²) < 4.78 is 36.7. The zero-order valence-corrected chi connectivity index (χ0v) is 11.0. The molecule has 10 heteroatoms. The summed E-state index contributed by atoms with van der Waals surface area (Å²) in [6, 6.07) is -2.35. The van der Waals surface area contributed by atoms with Crippen molar-refractivity contribution in [3.05, 3.63) is 0 Å². The zero-order chi connectivity index (χ0) is 15.9. The molecule has 0 bridgehead atoms. The molecule has 0 aliphatic heterocycles. The van der Waals surface area contributed by atoms with Gasteiger partial charge in [0.15, 0.2) is 0 Å². The van der Waals surface area contributed by atoms with Gasteiger partial charge in [-0.1, -0.05) is 0 Å². The van der Waals surface area contributed by atoms with Crippen molar-refractivity contribution in [3.8, 4) is 0 Å². The standard InChI is InChI=1S/C10H16F3N3O4/c1-3-14-8(19)6(2)15-9(20)16(4-7(17)18)5-10(11,12)13/h6H,3-5H2,1-2H3,(H,14,19)(H,15,20)(H,17,18). The fourth-order valence-corrected chi connectivity index (χ4v) is 1.25. The van der Waals surface area contributed by atoms with E-state index in [0.717, 1.165) is 0 Å². The first-order chi connectivity index (χ1) is 9.06. The molecule has 3 N–H and O–H groups in total. The van der Waals surface area contributed by atoms with Crippen LogP contribution in [0, 0.1) is 0 Å². The number of rotatable bonds is 6. The lowest BCUT2D eigenvalue weighted by Gasteiger charge is -2.24. The minimum Gasteiger partial charge on any atom is -0.480 e. The van der Waals surface area contributed by atoms with Crippen LogP contribution < -0.4 is 10.6 Å². The van der Waals surface area contributed by atoms with Crippen LogP contribution in [0.15, 0.2) is 0 Å². The molecule has 0 saturated carbocycles. The summed E-state index contributed by atoms with van der Waals surface area (Å²) in [6.07, 6.45) is -4.73. The van der Waals surface area contributed by atoms with Crippen molar-refractivity contribution in [3.63, 3.8) is 0 Å². The van der Waals surface area contributed by atoms with Gasteiger partial charge in [0.25, 0.3) is 0 Å². The molecule has 20 heavy (non-hydrogen) atoms. The van der Waals surface area contributed by atoms with E-state index >= 15 is 0 Å². The summed E-state index contributed by atoms with van der Waals surface area (Å²) in [4.78, 5) is 33.4. The summed E-state index contributed by atoms with van der Waals surface area (Å²) in [7, 11) is 0. The van der Waals surface area contributed by atoms with Crippen molar-refractivity contribution in [2.24, 2.45) is 0 Å². The number of urea groups is 1. The Hall–Kier alpha value is -2.00. The van der Waals surface area contributed by atoms with Gasteiger partial charge in [0, 0.05) is 6.54 Å². The van der Waals surface area contributed by atoms with Crippen LogP contribution in [0.25, 0.3) is 0 Å². The van der Waals surface area contributed by atoms with Crippen molar-refractivity contribution in [2.75, 3.05) is 19.6 Å². The number of hydrogen-bond acceptors (Lipinski definition) is 3. The molecule has 0 heterocycles. The number of halogens is 3. The summed E-state index contributed by atoms with van der Waals surface area (Å²) in [6.45, 7) is 0.364. The minimum absolute atomic E-state index is 0.0675. The van der Waals surface area contributed by atoms with E-state index in [9.17, 15) is 27.6 Å². The lowest BCUT2D eigenvalue weighted by atomic mass is 10.3. The van der Waals surface area contributed by atoms with Gasteiger partial charge < -0.3 is 20.6 Å². The molecular weight excluding hydrogens is 283 g/mol. The molecule has 0 aromatic rings. The summed E-state index contributed by atoms with van der Waals surface area (Å²) >= 11 is 0. The summed E-state index contributed by atoms with van der Waals surface area (Å²) in [5, 5.41) is 12.9. The van der Waals surface area contributed by atoms with Crippen LogP contribution in [0.3, 0.4) is 0 Å². The zero-order valence-electron chi connectivity index (χ0n) is 11.0. The van der Waals surface area contributed by atoms with Crippen molar-refractivity contribution < 1.29 is 32.7 Å². The number of likely N-dealkylation sites (N-methyl/N-ethyl adjacent to an activating group) is 1. The van der Waals surface area contributed by atoms with E-state index in [-0.39, 0.29) is 4.90 Å². The Morgan fingerprint density at radius 3 is 2.25 bits per heavy atom. The third kappa shape index (κ3) is 7.44. The first-order valence-electron chi connectivity index (χ1n) is 5.68. The second-order valence-electron chi connectivity index (χ2n) is 3.93. The van der Waals surface area contributed by atoms with E-state index in [2.05, 4.69) is 5.32 Å².